The second kappa shape index (κ2) is 4.51. The number of rotatable bonds is 2. The second-order valence-electron chi connectivity index (χ2n) is 3.21. The van der Waals surface area contributed by atoms with Gasteiger partial charge in [-0.05, 0) is 41.0 Å². The molecule has 0 saturated carbocycles. The van der Waals surface area contributed by atoms with Crippen LogP contribution in [-0.2, 0) is 10.8 Å². The van der Waals surface area contributed by atoms with Crippen molar-refractivity contribution in [1.29, 1.82) is 0 Å². The topological polar surface area (TPSA) is 42.0 Å². The Morgan fingerprint density at radius 1 is 1.57 bits per heavy atom. The molecule has 5 heteroatoms. The number of hydrogen-bond acceptors (Lipinski definition) is 3. The molecule has 1 fully saturated rings. The van der Waals surface area contributed by atoms with E-state index in [0.717, 1.165) is 24.1 Å². The van der Waals surface area contributed by atoms with Gasteiger partial charge in [-0.2, -0.15) is 0 Å². The third-order valence-corrected chi connectivity index (χ3v) is 4.30. The quantitative estimate of drug-likeness (QED) is 0.828. The van der Waals surface area contributed by atoms with Crippen molar-refractivity contribution >= 4 is 26.7 Å². The van der Waals surface area contributed by atoms with E-state index in [1.807, 2.05) is 18.2 Å². The van der Waals surface area contributed by atoms with E-state index >= 15 is 0 Å². The maximum atomic E-state index is 12.0. The molecule has 1 aromatic rings. The molecular weight excluding hydrogens is 264 g/mol. The molecule has 3 nitrogen and oxygen atoms in total. The summed E-state index contributed by atoms with van der Waals surface area (Å²) >= 11 is 3.28. The Hall–Kier alpha value is -0.260. The van der Waals surface area contributed by atoms with Crippen molar-refractivity contribution in [1.82, 2.24) is 10.3 Å². The smallest absolute Gasteiger partial charge is 0.128 e. The van der Waals surface area contributed by atoms with Crippen molar-refractivity contribution in [3.05, 3.63) is 22.8 Å². The van der Waals surface area contributed by atoms with E-state index in [2.05, 4.69) is 26.2 Å². The van der Waals surface area contributed by atoms with E-state index in [4.69, 9.17) is 0 Å². The third-order valence-electron chi connectivity index (χ3n) is 2.21. The zero-order valence-electron chi connectivity index (χ0n) is 7.57. The minimum Gasteiger partial charge on any atom is -0.315 e. The summed E-state index contributed by atoms with van der Waals surface area (Å²) in [7, 11) is -0.973. The molecule has 2 heterocycles. The zero-order chi connectivity index (χ0) is 9.97. The molecule has 1 N–H and O–H groups in total. The number of hydrogen-bond donors (Lipinski definition) is 1. The van der Waals surface area contributed by atoms with Crippen LogP contribution in [0, 0.1) is 0 Å². The van der Waals surface area contributed by atoms with Gasteiger partial charge in [0.25, 0.3) is 0 Å². The lowest BCUT2D eigenvalue weighted by molar-refractivity contribution is 0.669. The molecule has 0 aliphatic carbocycles. The lowest BCUT2D eigenvalue weighted by Crippen LogP contribution is -2.19. The van der Waals surface area contributed by atoms with Crippen molar-refractivity contribution in [2.24, 2.45) is 0 Å². The lowest BCUT2D eigenvalue weighted by atomic mass is 10.4. The van der Waals surface area contributed by atoms with Gasteiger partial charge >= 0.3 is 0 Å². The number of aromatic nitrogens is 1. The van der Waals surface area contributed by atoms with Crippen LogP contribution in [0.5, 0.6) is 0 Å². The molecule has 0 bridgehead atoms. The van der Waals surface area contributed by atoms with Crippen LogP contribution in [0.1, 0.15) is 6.42 Å². The second-order valence-corrected chi connectivity index (χ2v) is 5.70. The van der Waals surface area contributed by atoms with Gasteiger partial charge in [0.2, 0.25) is 0 Å². The maximum Gasteiger partial charge on any atom is 0.128 e. The fourth-order valence-electron chi connectivity index (χ4n) is 1.48. The van der Waals surface area contributed by atoms with Crippen molar-refractivity contribution in [3.63, 3.8) is 0 Å². The van der Waals surface area contributed by atoms with E-state index in [1.54, 1.807) is 0 Å². The highest BCUT2D eigenvalue weighted by molar-refractivity contribution is 9.10. The Kier molecular flexibility index (Phi) is 3.30. The van der Waals surface area contributed by atoms with Crippen molar-refractivity contribution in [3.8, 4) is 0 Å². The summed E-state index contributed by atoms with van der Waals surface area (Å²) in [5.41, 5.74) is 0. The van der Waals surface area contributed by atoms with Crippen LogP contribution in [0.4, 0.5) is 0 Å². The van der Waals surface area contributed by atoms with Crippen molar-refractivity contribution in [2.75, 3.05) is 13.1 Å². The van der Waals surface area contributed by atoms with Crippen LogP contribution in [0.2, 0.25) is 0 Å². The molecule has 0 aromatic carbocycles. The van der Waals surface area contributed by atoms with Crippen molar-refractivity contribution < 1.29 is 4.21 Å². The Morgan fingerprint density at radius 3 is 3.07 bits per heavy atom. The normalized spacial score (nSPS) is 23.6. The first-order valence-electron chi connectivity index (χ1n) is 4.51. The van der Waals surface area contributed by atoms with Crippen LogP contribution in [0.3, 0.4) is 0 Å². The summed E-state index contributed by atoms with van der Waals surface area (Å²) in [5.74, 6) is 0. The predicted octanol–water partition coefficient (Wildman–Crippen LogP) is 1.31. The molecule has 0 radical (unpaired) electrons. The predicted molar refractivity (Wildman–Crippen MR) is 59.6 cm³/mol. The van der Waals surface area contributed by atoms with Crippen molar-refractivity contribution in [2.45, 2.75) is 16.7 Å². The van der Waals surface area contributed by atoms with Gasteiger partial charge in [-0.25, -0.2) is 4.98 Å². The summed E-state index contributed by atoms with van der Waals surface area (Å²) in [6.45, 7) is 1.80. The van der Waals surface area contributed by atoms with Gasteiger partial charge in [0.15, 0.2) is 0 Å². The van der Waals surface area contributed by atoms with E-state index in [0.29, 0.717) is 5.03 Å². The molecule has 0 amide bonds. The van der Waals surface area contributed by atoms with Crippen LogP contribution in [-0.4, -0.2) is 27.5 Å². The fraction of sp³-hybridized carbons (Fsp3) is 0.444. The average molecular weight is 275 g/mol. The van der Waals surface area contributed by atoms with Crippen LogP contribution in [0.15, 0.2) is 27.8 Å². The van der Waals surface area contributed by atoms with Gasteiger partial charge in [0.05, 0.1) is 16.0 Å². The molecule has 1 aliphatic heterocycles. The van der Waals surface area contributed by atoms with Gasteiger partial charge < -0.3 is 5.32 Å². The Balaban J connectivity index is 2.17. The molecule has 2 rings (SSSR count). The molecular formula is C9H11BrN2OS. The Labute approximate surface area is 93.9 Å². The molecule has 1 saturated heterocycles. The number of pyridine rings is 1. The minimum absolute atomic E-state index is 0.219. The van der Waals surface area contributed by atoms with Gasteiger partial charge in [0, 0.05) is 6.54 Å². The van der Waals surface area contributed by atoms with E-state index in [1.165, 1.54) is 0 Å². The molecule has 1 aliphatic rings. The fourth-order valence-corrected chi connectivity index (χ4v) is 3.29. The lowest BCUT2D eigenvalue weighted by Gasteiger charge is -2.07. The molecule has 14 heavy (non-hydrogen) atoms. The molecule has 76 valence electrons. The highest BCUT2D eigenvalue weighted by Gasteiger charge is 2.23. The van der Waals surface area contributed by atoms with Crippen LogP contribution >= 0.6 is 15.9 Å². The van der Waals surface area contributed by atoms with Gasteiger partial charge in [0.1, 0.15) is 9.63 Å². The van der Waals surface area contributed by atoms with E-state index in [9.17, 15) is 4.21 Å². The Bertz CT molecular complexity index is 352. The van der Waals surface area contributed by atoms with Gasteiger partial charge in [-0.3, -0.25) is 4.21 Å². The van der Waals surface area contributed by atoms with Crippen LogP contribution < -0.4 is 5.32 Å². The summed E-state index contributed by atoms with van der Waals surface area (Å²) in [6.07, 6.45) is 0.973. The highest BCUT2D eigenvalue weighted by atomic mass is 79.9. The van der Waals surface area contributed by atoms with Gasteiger partial charge in [-0.15, -0.1) is 0 Å². The number of halogens is 1. The highest BCUT2D eigenvalue weighted by Crippen LogP contribution is 2.16. The molecule has 0 unspecified atom stereocenters. The van der Waals surface area contributed by atoms with E-state index in [-0.39, 0.29) is 5.25 Å². The Morgan fingerprint density at radius 2 is 2.43 bits per heavy atom. The first-order chi connectivity index (χ1) is 6.77. The number of nitrogens with one attached hydrogen (secondary N) is 1. The SMILES string of the molecule is O=[S@](c1cccc(Br)n1)[C@@H]1CCNC1. The largest absolute Gasteiger partial charge is 0.315 e. The zero-order valence-corrected chi connectivity index (χ0v) is 9.97. The van der Waals surface area contributed by atoms with Gasteiger partial charge in [-0.1, -0.05) is 6.07 Å². The standard InChI is InChI=1S/C9H11BrN2OS/c10-8-2-1-3-9(12-8)14(13)7-4-5-11-6-7/h1-3,7,11H,4-6H2/t7-,14+/m1/s1. The van der Waals surface area contributed by atoms with E-state index < -0.39 is 10.8 Å². The number of nitrogens with zero attached hydrogens (tertiary/aromatic N) is 1. The summed E-state index contributed by atoms with van der Waals surface area (Å²) < 4.78 is 12.7. The maximum absolute atomic E-state index is 12.0. The first-order valence-corrected chi connectivity index (χ1v) is 6.52. The monoisotopic (exact) mass is 274 g/mol. The molecule has 2 atom stereocenters. The van der Waals surface area contributed by atoms with Crippen LogP contribution in [0.25, 0.3) is 0 Å². The summed E-state index contributed by atoms with van der Waals surface area (Å²) in [4.78, 5) is 4.21. The average Bonchev–Trinajstić information content (AvgIpc) is 2.69. The molecule has 0 spiro atoms. The summed E-state index contributed by atoms with van der Waals surface area (Å²) in [5, 5.41) is 4.10. The molecule has 1 aromatic heterocycles. The third kappa shape index (κ3) is 2.21. The minimum atomic E-state index is -0.973. The first kappa shape index (κ1) is 10.3. The summed E-state index contributed by atoms with van der Waals surface area (Å²) in [6, 6.07) is 5.53.